The van der Waals surface area contributed by atoms with Crippen LogP contribution in [0.1, 0.15) is 33.1 Å². The number of hydrogen-bond acceptors (Lipinski definition) is 6. The van der Waals surface area contributed by atoms with Crippen molar-refractivity contribution in [3.63, 3.8) is 0 Å². The molecule has 0 aromatic heterocycles. The van der Waals surface area contributed by atoms with Crippen molar-refractivity contribution in [2.24, 2.45) is 0 Å². The third kappa shape index (κ3) is 3.68. The molecule has 1 aromatic rings. The summed E-state index contributed by atoms with van der Waals surface area (Å²) >= 11 is 0. The van der Waals surface area contributed by atoms with Crippen molar-refractivity contribution in [1.29, 1.82) is 0 Å². The Bertz CT molecular complexity index is 712. The fourth-order valence-corrected chi connectivity index (χ4v) is 4.19. The molecule has 1 aromatic carbocycles. The van der Waals surface area contributed by atoms with Gasteiger partial charge in [-0.1, -0.05) is 13.8 Å². The van der Waals surface area contributed by atoms with E-state index in [4.69, 9.17) is 0 Å². The summed E-state index contributed by atoms with van der Waals surface area (Å²) in [5, 5.41) is 24.3. The summed E-state index contributed by atoms with van der Waals surface area (Å²) in [5.74, 6) is 0. The molecule has 134 valence electrons. The van der Waals surface area contributed by atoms with Crippen LogP contribution in [-0.4, -0.2) is 48.0 Å². The summed E-state index contributed by atoms with van der Waals surface area (Å²) in [4.78, 5) is 10.6. The minimum atomic E-state index is -3.76. The molecule has 24 heavy (non-hydrogen) atoms. The van der Waals surface area contributed by atoms with Crippen LogP contribution >= 0.6 is 0 Å². The first-order valence-electron chi connectivity index (χ1n) is 7.98. The normalized spacial score (nSPS) is 16.7. The summed E-state index contributed by atoms with van der Waals surface area (Å²) in [6, 6.07) is 3.81. The zero-order chi connectivity index (χ0) is 18.0. The second-order valence-corrected chi connectivity index (χ2v) is 7.89. The maximum atomic E-state index is 12.5. The lowest BCUT2D eigenvalue weighted by atomic mass is 9.80. The number of sulfonamides is 1. The Morgan fingerprint density at radius 2 is 1.96 bits per heavy atom. The fourth-order valence-electron chi connectivity index (χ4n) is 2.71. The van der Waals surface area contributed by atoms with E-state index in [0.717, 1.165) is 12.5 Å². The van der Waals surface area contributed by atoms with Gasteiger partial charge in [-0.15, -0.1) is 0 Å². The highest BCUT2D eigenvalue weighted by Gasteiger charge is 2.34. The van der Waals surface area contributed by atoms with Crippen molar-refractivity contribution in [3.05, 3.63) is 28.3 Å². The molecular weight excluding hydrogens is 334 g/mol. The van der Waals surface area contributed by atoms with Crippen LogP contribution in [0.5, 0.6) is 0 Å². The Hall–Kier alpha value is -1.71. The molecule has 0 atom stereocenters. The van der Waals surface area contributed by atoms with Crippen LogP contribution in [-0.2, 0) is 10.0 Å². The molecule has 2 rings (SSSR count). The van der Waals surface area contributed by atoms with Crippen LogP contribution in [0.4, 0.5) is 11.4 Å². The Morgan fingerprint density at radius 1 is 1.33 bits per heavy atom. The second-order valence-electron chi connectivity index (χ2n) is 5.96. The zero-order valence-electron chi connectivity index (χ0n) is 13.9. The van der Waals surface area contributed by atoms with E-state index in [2.05, 4.69) is 5.32 Å². The third-order valence-corrected chi connectivity index (χ3v) is 6.45. The number of nitro benzene ring substituents is 1. The van der Waals surface area contributed by atoms with E-state index in [9.17, 15) is 23.6 Å². The molecule has 0 radical (unpaired) electrons. The molecule has 8 nitrogen and oxygen atoms in total. The minimum absolute atomic E-state index is 0.106. The molecule has 1 fully saturated rings. The smallest absolute Gasteiger partial charge is 0.293 e. The second kappa shape index (κ2) is 7.04. The molecule has 1 saturated carbocycles. The molecule has 1 aliphatic rings. The van der Waals surface area contributed by atoms with E-state index in [0.29, 0.717) is 25.9 Å². The zero-order valence-corrected chi connectivity index (χ0v) is 14.7. The number of rotatable bonds is 8. The standard InChI is InChI=1S/C15H23N3O5S/c1-3-17(4-2)24(22,23)12-6-7-13(14(10-12)18(20)21)16-11-15(19)8-5-9-15/h6-7,10,16,19H,3-5,8-9,11H2,1-2H3. The van der Waals surface area contributed by atoms with Crippen molar-refractivity contribution < 1.29 is 18.4 Å². The van der Waals surface area contributed by atoms with Crippen molar-refractivity contribution in [1.82, 2.24) is 4.31 Å². The van der Waals surface area contributed by atoms with Crippen LogP contribution in [0.15, 0.2) is 23.1 Å². The molecular formula is C15H23N3O5S. The number of hydrogen-bond donors (Lipinski definition) is 2. The minimum Gasteiger partial charge on any atom is -0.388 e. The SMILES string of the molecule is CCN(CC)S(=O)(=O)c1ccc(NCC2(O)CCC2)c([N+](=O)[O-])c1. The van der Waals surface area contributed by atoms with Crippen molar-refractivity contribution in [2.75, 3.05) is 25.0 Å². The highest BCUT2D eigenvalue weighted by molar-refractivity contribution is 7.89. The van der Waals surface area contributed by atoms with Gasteiger partial charge in [-0.2, -0.15) is 4.31 Å². The number of nitro groups is 1. The Balaban J connectivity index is 2.31. The molecule has 9 heteroatoms. The molecule has 0 heterocycles. The van der Waals surface area contributed by atoms with E-state index in [1.807, 2.05) is 0 Å². The number of nitrogens with one attached hydrogen (secondary N) is 1. The maximum absolute atomic E-state index is 12.5. The van der Waals surface area contributed by atoms with Crippen molar-refractivity contribution >= 4 is 21.4 Å². The highest BCUT2D eigenvalue weighted by Crippen LogP contribution is 2.34. The lowest BCUT2D eigenvalue weighted by Gasteiger charge is -2.36. The molecule has 0 spiro atoms. The summed E-state index contributed by atoms with van der Waals surface area (Å²) in [6.07, 6.45) is 2.24. The number of aliphatic hydroxyl groups is 1. The van der Waals surface area contributed by atoms with E-state index in [-0.39, 0.29) is 22.8 Å². The first-order valence-corrected chi connectivity index (χ1v) is 9.42. The monoisotopic (exact) mass is 357 g/mol. The van der Waals surface area contributed by atoms with Crippen LogP contribution in [0, 0.1) is 10.1 Å². The van der Waals surface area contributed by atoms with Gasteiger partial charge in [0.25, 0.3) is 5.69 Å². The quantitative estimate of drug-likeness (QED) is 0.543. The lowest BCUT2D eigenvalue weighted by molar-refractivity contribution is -0.384. The third-order valence-electron chi connectivity index (χ3n) is 4.40. The summed E-state index contributed by atoms with van der Waals surface area (Å²) in [5.41, 5.74) is -0.940. The lowest BCUT2D eigenvalue weighted by Crippen LogP contribution is -2.43. The number of benzene rings is 1. The van der Waals surface area contributed by atoms with Crippen molar-refractivity contribution in [2.45, 2.75) is 43.6 Å². The van der Waals surface area contributed by atoms with Gasteiger partial charge in [0.15, 0.2) is 0 Å². The molecule has 0 saturated heterocycles. The average molecular weight is 357 g/mol. The van der Waals surface area contributed by atoms with Gasteiger partial charge in [0.05, 0.1) is 15.4 Å². The fraction of sp³-hybridized carbons (Fsp3) is 0.600. The van der Waals surface area contributed by atoms with Gasteiger partial charge in [0.2, 0.25) is 10.0 Å². The number of nitrogens with zero attached hydrogens (tertiary/aromatic N) is 2. The topological polar surface area (TPSA) is 113 Å². The van der Waals surface area contributed by atoms with Crippen molar-refractivity contribution in [3.8, 4) is 0 Å². The first kappa shape index (κ1) is 18.6. The first-order chi connectivity index (χ1) is 11.2. The summed E-state index contributed by atoms with van der Waals surface area (Å²) in [7, 11) is -3.76. The molecule has 0 aliphatic heterocycles. The summed E-state index contributed by atoms with van der Waals surface area (Å²) in [6.45, 7) is 4.21. The van der Waals surface area contributed by atoms with Gasteiger partial charge in [-0.05, 0) is 31.4 Å². The van der Waals surface area contributed by atoms with Gasteiger partial charge in [0, 0.05) is 25.7 Å². The van der Waals surface area contributed by atoms with Crippen LogP contribution < -0.4 is 5.32 Å². The van der Waals surface area contributed by atoms with E-state index in [1.165, 1.54) is 16.4 Å². The molecule has 0 bridgehead atoms. The van der Waals surface area contributed by atoms with Gasteiger partial charge in [0.1, 0.15) is 5.69 Å². The highest BCUT2D eigenvalue weighted by atomic mass is 32.2. The largest absolute Gasteiger partial charge is 0.388 e. The van der Waals surface area contributed by atoms with Crippen LogP contribution in [0.3, 0.4) is 0 Å². The predicted octanol–water partition coefficient (Wildman–Crippen LogP) is 1.95. The summed E-state index contributed by atoms with van der Waals surface area (Å²) < 4.78 is 26.2. The van der Waals surface area contributed by atoms with Gasteiger partial charge >= 0.3 is 0 Å². The Kier molecular flexibility index (Phi) is 5.46. The Morgan fingerprint density at radius 3 is 2.42 bits per heavy atom. The van der Waals surface area contributed by atoms with Gasteiger partial charge < -0.3 is 10.4 Å². The van der Waals surface area contributed by atoms with Gasteiger partial charge in [-0.3, -0.25) is 10.1 Å². The Labute approximate surface area is 141 Å². The van der Waals surface area contributed by atoms with Crippen LogP contribution in [0.2, 0.25) is 0 Å². The van der Waals surface area contributed by atoms with E-state index < -0.39 is 20.5 Å². The molecule has 0 unspecified atom stereocenters. The molecule has 2 N–H and O–H groups in total. The van der Waals surface area contributed by atoms with Gasteiger partial charge in [-0.25, -0.2) is 8.42 Å². The van der Waals surface area contributed by atoms with E-state index >= 15 is 0 Å². The molecule has 0 amide bonds. The van der Waals surface area contributed by atoms with E-state index in [1.54, 1.807) is 13.8 Å². The predicted molar refractivity (Wildman–Crippen MR) is 90.5 cm³/mol. The molecule has 1 aliphatic carbocycles. The van der Waals surface area contributed by atoms with Crippen LogP contribution in [0.25, 0.3) is 0 Å². The number of anilines is 1. The maximum Gasteiger partial charge on any atom is 0.293 e. The average Bonchev–Trinajstić information content (AvgIpc) is 2.51.